The van der Waals surface area contributed by atoms with Crippen molar-refractivity contribution in [3.05, 3.63) is 48.3 Å². The van der Waals surface area contributed by atoms with Crippen molar-refractivity contribution in [2.24, 2.45) is 13.0 Å². The molecular formula is C29H34N6O3. The number of anilines is 2. The van der Waals surface area contributed by atoms with E-state index in [2.05, 4.69) is 27.9 Å². The van der Waals surface area contributed by atoms with E-state index in [9.17, 15) is 9.59 Å². The average Bonchev–Trinajstić information content (AvgIpc) is 3.56. The number of carbonyl (C=O) groups excluding carboxylic acids is 2. The number of hydrogen-bond acceptors (Lipinski definition) is 6. The minimum atomic E-state index is -0.251. The van der Waals surface area contributed by atoms with Crippen molar-refractivity contribution in [1.82, 2.24) is 19.4 Å². The number of allylic oxidation sites excluding steroid dienone is 2. The van der Waals surface area contributed by atoms with Gasteiger partial charge in [0.25, 0.3) is 5.91 Å². The fourth-order valence-electron chi connectivity index (χ4n) is 5.59. The van der Waals surface area contributed by atoms with Crippen molar-refractivity contribution < 1.29 is 14.3 Å². The van der Waals surface area contributed by atoms with Gasteiger partial charge in [-0.05, 0) is 56.7 Å². The summed E-state index contributed by atoms with van der Waals surface area (Å²) in [5.74, 6) is 1.04. The number of carbonyl (C=O) groups is 2. The third-order valence-electron chi connectivity index (χ3n) is 7.60. The van der Waals surface area contributed by atoms with Crippen molar-refractivity contribution in [1.29, 1.82) is 0 Å². The van der Waals surface area contributed by atoms with Crippen LogP contribution in [0.1, 0.15) is 44.6 Å². The Balaban J connectivity index is 1.59. The molecule has 9 nitrogen and oxygen atoms in total. The molecular weight excluding hydrogens is 480 g/mol. The van der Waals surface area contributed by atoms with Crippen LogP contribution in [0.25, 0.3) is 27.9 Å². The fraction of sp³-hybridized carbons (Fsp3) is 0.379. The van der Waals surface area contributed by atoms with Crippen LogP contribution in [0.3, 0.4) is 0 Å². The number of nitrogens with zero attached hydrogens (tertiary/aromatic N) is 4. The Morgan fingerprint density at radius 1 is 1.21 bits per heavy atom. The molecule has 0 radical (unpaired) electrons. The van der Waals surface area contributed by atoms with Crippen LogP contribution in [0.5, 0.6) is 5.75 Å². The summed E-state index contributed by atoms with van der Waals surface area (Å²) in [6, 6.07) is 5.57. The monoisotopic (exact) mass is 514 g/mol. The van der Waals surface area contributed by atoms with Crippen LogP contribution in [-0.2, 0) is 16.6 Å². The SMILES string of the molecule is C=C(C)C(=O)Nc1ccc(-c2c(C3=CC[C@H](C(=O)N4CCCC4)CC3)c3c(N)ncnc3n2C)c(OC)c1. The van der Waals surface area contributed by atoms with Gasteiger partial charge in [0, 0.05) is 54.5 Å². The smallest absolute Gasteiger partial charge is 0.250 e. The summed E-state index contributed by atoms with van der Waals surface area (Å²) < 4.78 is 7.80. The predicted octanol–water partition coefficient (Wildman–Crippen LogP) is 4.55. The first-order valence-electron chi connectivity index (χ1n) is 13.0. The van der Waals surface area contributed by atoms with Crippen molar-refractivity contribution in [2.75, 3.05) is 31.2 Å². The third kappa shape index (κ3) is 4.53. The number of nitrogens with one attached hydrogen (secondary N) is 1. The molecule has 0 spiro atoms. The summed E-state index contributed by atoms with van der Waals surface area (Å²) in [5.41, 5.74) is 12.0. The van der Waals surface area contributed by atoms with Gasteiger partial charge < -0.3 is 25.3 Å². The van der Waals surface area contributed by atoms with Crippen LogP contribution >= 0.6 is 0 Å². The van der Waals surface area contributed by atoms with Crippen LogP contribution in [0.15, 0.2) is 42.8 Å². The first-order chi connectivity index (χ1) is 18.3. The Morgan fingerprint density at radius 2 is 1.97 bits per heavy atom. The molecule has 3 N–H and O–H groups in total. The number of amides is 2. The zero-order valence-corrected chi connectivity index (χ0v) is 22.2. The summed E-state index contributed by atoms with van der Waals surface area (Å²) in [5, 5.41) is 3.64. The highest BCUT2D eigenvalue weighted by atomic mass is 16.5. The van der Waals surface area contributed by atoms with E-state index in [1.807, 2.05) is 28.6 Å². The summed E-state index contributed by atoms with van der Waals surface area (Å²) in [6.45, 7) is 7.11. The van der Waals surface area contributed by atoms with Gasteiger partial charge >= 0.3 is 0 Å². The Labute approximate surface area is 222 Å². The number of hydrogen-bond donors (Lipinski definition) is 2. The van der Waals surface area contributed by atoms with Crippen molar-refractivity contribution in [3.8, 4) is 17.0 Å². The Hall–Kier alpha value is -4.14. The van der Waals surface area contributed by atoms with Gasteiger partial charge in [-0.3, -0.25) is 9.59 Å². The molecule has 1 aliphatic heterocycles. The van der Waals surface area contributed by atoms with Crippen molar-refractivity contribution >= 4 is 39.9 Å². The minimum Gasteiger partial charge on any atom is -0.496 e. The van der Waals surface area contributed by atoms with Gasteiger partial charge in [0.2, 0.25) is 5.91 Å². The molecule has 3 aromatic rings. The molecule has 1 atom stereocenters. The number of methoxy groups -OCH3 is 1. The first kappa shape index (κ1) is 25.5. The highest BCUT2D eigenvalue weighted by Gasteiger charge is 2.31. The number of ether oxygens (including phenoxy) is 1. The number of aromatic nitrogens is 3. The number of likely N-dealkylation sites (tertiary alicyclic amines) is 1. The van der Waals surface area contributed by atoms with Crippen LogP contribution in [0.2, 0.25) is 0 Å². The van der Waals surface area contributed by atoms with Crippen molar-refractivity contribution in [2.45, 2.75) is 39.0 Å². The second-order valence-corrected chi connectivity index (χ2v) is 10.1. The summed E-state index contributed by atoms with van der Waals surface area (Å²) in [6.07, 6.45) is 8.06. The van der Waals surface area contributed by atoms with Crippen molar-refractivity contribution in [3.63, 3.8) is 0 Å². The van der Waals surface area contributed by atoms with E-state index in [1.54, 1.807) is 20.1 Å². The quantitative estimate of drug-likeness (QED) is 0.467. The molecule has 0 bridgehead atoms. The number of rotatable bonds is 6. The Kier molecular flexibility index (Phi) is 6.93. The molecule has 1 fully saturated rings. The highest BCUT2D eigenvalue weighted by Crippen LogP contribution is 2.45. The maximum Gasteiger partial charge on any atom is 0.250 e. The predicted molar refractivity (Wildman–Crippen MR) is 149 cm³/mol. The van der Waals surface area contributed by atoms with E-state index in [0.717, 1.165) is 72.2 Å². The molecule has 3 heterocycles. The van der Waals surface area contributed by atoms with E-state index in [-0.39, 0.29) is 17.7 Å². The van der Waals surface area contributed by atoms with E-state index < -0.39 is 0 Å². The van der Waals surface area contributed by atoms with Gasteiger partial charge in [0.1, 0.15) is 23.5 Å². The van der Waals surface area contributed by atoms with Crippen LogP contribution < -0.4 is 15.8 Å². The van der Waals surface area contributed by atoms with Gasteiger partial charge in [0.05, 0.1) is 18.2 Å². The Morgan fingerprint density at radius 3 is 2.63 bits per heavy atom. The van der Waals surface area contributed by atoms with E-state index in [4.69, 9.17) is 10.5 Å². The number of aryl methyl sites for hydroxylation is 1. The molecule has 198 valence electrons. The number of benzene rings is 1. The molecule has 2 aromatic heterocycles. The van der Waals surface area contributed by atoms with Crippen LogP contribution in [0, 0.1) is 5.92 Å². The molecule has 1 saturated heterocycles. The van der Waals surface area contributed by atoms with Gasteiger partial charge in [-0.1, -0.05) is 12.7 Å². The maximum absolute atomic E-state index is 13.0. The molecule has 0 unspecified atom stereocenters. The normalized spacial score (nSPS) is 17.4. The standard InChI is InChI=1S/C29H34N6O3/c1-17(2)28(36)33-20-11-12-21(22(15-20)38-4)25-23(24-26(30)31-16-32-27(24)34(25)3)18-7-9-19(10-8-18)29(37)35-13-5-6-14-35/h7,11-12,15-16,19H,1,5-6,8-10,13-14H2,2-4H3,(H,33,36)(H2,30,31,32)/t19-/m0/s1. The first-order valence-corrected chi connectivity index (χ1v) is 13.0. The zero-order valence-electron chi connectivity index (χ0n) is 22.2. The topological polar surface area (TPSA) is 115 Å². The van der Waals surface area contributed by atoms with Gasteiger partial charge in [-0.25, -0.2) is 9.97 Å². The van der Waals surface area contributed by atoms with Crippen LogP contribution in [-0.4, -0.2) is 51.4 Å². The second kappa shape index (κ2) is 10.3. The molecule has 9 heteroatoms. The lowest BCUT2D eigenvalue weighted by atomic mass is 9.84. The summed E-state index contributed by atoms with van der Waals surface area (Å²) in [4.78, 5) is 36.1. The Bertz CT molecular complexity index is 1460. The van der Waals surface area contributed by atoms with Gasteiger partial charge in [-0.15, -0.1) is 0 Å². The zero-order chi connectivity index (χ0) is 27.0. The molecule has 0 saturated carbocycles. The third-order valence-corrected chi connectivity index (χ3v) is 7.60. The molecule has 2 aliphatic rings. The molecule has 38 heavy (non-hydrogen) atoms. The maximum atomic E-state index is 13.0. The summed E-state index contributed by atoms with van der Waals surface area (Å²) >= 11 is 0. The lowest BCUT2D eigenvalue weighted by Crippen LogP contribution is -2.34. The van der Waals surface area contributed by atoms with E-state index >= 15 is 0 Å². The van der Waals surface area contributed by atoms with Crippen LogP contribution in [0.4, 0.5) is 11.5 Å². The number of fused-ring (bicyclic) bond motifs is 1. The largest absolute Gasteiger partial charge is 0.496 e. The molecule has 2 amide bonds. The minimum absolute atomic E-state index is 0.00891. The molecule has 1 aliphatic carbocycles. The number of nitrogen functional groups attached to an aromatic ring is 1. The molecule has 5 rings (SSSR count). The highest BCUT2D eigenvalue weighted by molar-refractivity contribution is 6.06. The fourth-order valence-corrected chi connectivity index (χ4v) is 5.59. The number of nitrogens with two attached hydrogens (primary N) is 1. The van der Waals surface area contributed by atoms with E-state index in [0.29, 0.717) is 29.2 Å². The van der Waals surface area contributed by atoms with Gasteiger partial charge in [-0.2, -0.15) is 0 Å². The average molecular weight is 515 g/mol. The second-order valence-electron chi connectivity index (χ2n) is 10.1. The summed E-state index contributed by atoms with van der Waals surface area (Å²) in [7, 11) is 3.56. The van der Waals surface area contributed by atoms with E-state index in [1.165, 1.54) is 6.33 Å². The molecule has 1 aromatic carbocycles. The lowest BCUT2D eigenvalue weighted by Gasteiger charge is -2.26. The lowest BCUT2D eigenvalue weighted by molar-refractivity contribution is -0.134. The van der Waals surface area contributed by atoms with Gasteiger partial charge in [0.15, 0.2) is 0 Å².